The predicted molar refractivity (Wildman–Crippen MR) is 112 cm³/mol. The van der Waals surface area contributed by atoms with E-state index in [2.05, 4.69) is 0 Å². The van der Waals surface area contributed by atoms with Crippen molar-refractivity contribution in [2.24, 2.45) is 0 Å². The molecule has 160 valence electrons. The van der Waals surface area contributed by atoms with Gasteiger partial charge in [0.1, 0.15) is 5.69 Å². The Morgan fingerprint density at radius 2 is 1.76 bits per heavy atom. The maximum absolute atomic E-state index is 12.6. The van der Waals surface area contributed by atoms with Crippen LogP contribution in [-0.4, -0.2) is 90.8 Å². The molecule has 1 fully saturated rings. The molecule has 1 aromatic carbocycles. The summed E-state index contributed by atoms with van der Waals surface area (Å²) in [7, 11) is 1.76. The Hall–Kier alpha value is -2.39. The maximum Gasteiger partial charge on any atom is 0.294 e. The zero-order valence-electron chi connectivity index (χ0n) is 17.1. The fourth-order valence-corrected chi connectivity index (χ4v) is 3.57. The van der Waals surface area contributed by atoms with Gasteiger partial charge >= 0.3 is 0 Å². The van der Waals surface area contributed by atoms with Crippen molar-refractivity contribution >= 4 is 34.8 Å². The van der Waals surface area contributed by atoms with E-state index in [0.29, 0.717) is 50.0 Å². The third-order valence-electron chi connectivity index (χ3n) is 5.03. The number of hydrogen-bond donors (Lipinski definition) is 0. The number of carbonyl (C=O) groups is 2. The third-order valence-corrected chi connectivity index (χ3v) is 5.27. The number of nitro benzene ring substituents is 1. The highest BCUT2D eigenvalue weighted by Crippen LogP contribution is 2.31. The van der Waals surface area contributed by atoms with Crippen molar-refractivity contribution in [3.63, 3.8) is 0 Å². The molecule has 0 N–H and O–H groups in total. The molecule has 2 rings (SSSR count). The van der Waals surface area contributed by atoms with Gasteiger partial charge in [-0.15, -0.1) is 0 Å². The molecule has 1 saturated heterocycles. The van der Waals surface area contributed by atoms with Crippen molar-refractivity contribution in [1.29, 1.82) is 0 Å². The van der Waals surface area contributed by atoms with E-state index in [4.69, 9.17) is 11.6 Å². The first-order chi connectivity index (χ1) is 13.8. The van der Waals surface area contributed by atoms with Crippen LogP contribution in [0.5, 0.6) is 0 Å². The Labute approximate surface area is 175 Å². The molecule has 0 unspecified atom stereocenters. The minimum Gasteiger partial charge on any atom is -0.362 e. The van der Waals surface area contributed by atoms with Crippen LogP contribution in [0.15, 0.2) is 18.2 Å². The number of likely N-dealkylation sites (N-methyl/N-ethyl adjacent to an activating group) is 2. The highest BCUT2D eigenvalue weighted by Gasteiger charge is 2.26. The lowest BCUT2D eigenvalue weighted by molar-refractivity contribution is -0.384. The van der Waals surface area contributed by atoms with E-state index < -0.39 is 4.92 Å². The number of amides is 2. The van der Waals surface area contributed by atoms with Crippen molar-refractivity contribution in [2.45, 2.75) is 13.8 Å². The zero-order chi connectivity index (χ0) is 21.6. The summed E-state index contributed by atoms with van der Waals surface area (Å²) in [6.45, 7) is 7.44. The molecule has 1 heterocycles. The van der Waals surface area contributed by atoms with E-state index in [-0.39, 0.29) is 30.6 Å². The van der Waals surface area contributed by atoms with Gasteiger partial charge in [-0.1, -0.05) is 11.6 Å². The molecule has 0 saturated carbocycles. The predicted octanol–water partition coefficient (Wildman–Crippen LogP) is 1.70. The molecule has 0 spiro atoms. The first-order valence-corrected chi connectivity index (χ1v) is 10.1. The number of rotatable bonds is 8. The topological polar surface area (TPSA) is 90.2 Å². The van der Waals surface area contributed by atoms with E-state index >= 15 is 0 Å². The van der Waals surface area contributed by atoms with E-state index in [9.17, 15) is 19.7 Å². The van der Waals surface area contributed by atoms with E-state index in [0.717, 1.165) is 0 Å². The maximum atomic E-state index is 12.6. The summed E-state index contributed by atoms with van der Waals surface area (Å²) in [6, 6.07) is 4.62. The van der Waals surface area contributed by atoms with Gasteiger partial charge < -0.3 is 14.7 Å². The molecule has 1 aliphatic rings. The second-order valence-corrected chi connectivity index (χ2v) is 7.43. The smallest absolute Gasteiger partial charge is 0.294 e. The van der Waals surface area contributed by atoms with Gasteiger partial charge in [-0.3, -0.25) is 24.6 Å². The minimum absolute atomic E-state index is 0.00478. The summed E-state index contributed by atoms with van der Waals surface area (Å²) in [4.78, 5) is 42.7. The normalized spacial score (nSPS) is 14.2. The monoisotopic (exact) mass is 425 g/mol. The molecule has 0 aromatic heterocycles. The fraction of sp³-hybridized carbons (Fsp3) is 0.579. The van der Waals surface area contributed by atoms with Crippen LogP contribution in [-0.2, 0) is 9.59 Å². The lowest BCUT2D eigenvalue weighted by Gasteiger charge is -2.36. The van der Waals surface area contributed by atoms with Gasteiger partial charge in [-0.25, -0.2) is 0 Å². The lowest BCUT2D eigenvalue weighted by atomic mass is 10.2. The Balaban J connectivity index is 1.90. The van der Waals surface area contributed by atoms with Crippen LogP contribution in [0.3, 0.4) is 0 Å². The van der Waals surface area contributed by atoms with Crippen LogP contribution in [0.25, 0.3) is 0 Å². The van der Waals surface area contributed by atoms with Crippen molar-refractivity contribution in [3.05, 3.63) is 33.3 Å². The largest absolute Gasteiger partial charge is 0.362 e. The molecular formula is C19H28ClN5O4. The standard InChI is InChI=1S/C19H28ClN5O4/c1-4-22(5-2)18(26)13-21(3)14-19(27)24-10-8-23(9-11-24)16-7-6-15(20)12-17(16)25(28)29/h6-7,12H,4-5,8-11,13-14H2,1-3H3. The van der Waals surface area contributed by atoms with Crippen LogP contribution >= 0.6 is 11.6 Å². The zero-order valence-corrected chi connectivity index (χ0v) is 17.9. The van der Waals surface area contributed by atoms with Gasteiger partial charge in [0, 0.05) is 50.4 Å². The molecule has 0 aliphatic carbocycles. The molecule has 10 heteroatoms. The molecule has 29 heavy (non-hydrogen) atoms. The molecule has 0 atom stereocenters. The molecule has 1 aromatic rings. The summed E-state index contributed by atoms with van der Waals surface area (Å²) in [5.74, 6) is -0.0460. The summed E-state index contributed by atoms with van der Waals surface area (Å²) < 4.78 is 0. The van der Waals surface area contributed by atoms with Gasteiger partial charge in [0.2, 0.25) is 11.8 Å². The molecule has 0 bridgehead atoms. The Morgan fingerprint density at radius 3 is 2.31 bits per heavy atom. The van der Waals surface area contributed by atoms with Crippen LogP contribution < -0.4 is 4.90 Å². The van der Waals surface area contributed by atoms with Crippen molar-refractivity contribution in [3.8, 4) is 0 Å². The summed E-state index contributed by atoms with van der Waals surface area (Å²) in [5, 5.41) is 11.6. The van der Waals surface area contributed by atoms with Crippen LogP contribution in [0, 0.1) is 10.1 Å². The molecular weight excluding hydrogens is 398 g/mol. The first-order valence-electron chi connectivity index (χ1n) is 9.69. The molecule has 2 amide bonds. The van der Waals surface area contributed by atoms with Crippen LogP contribution in [0.1, 0.15) is 13.8 Å². The molecule has 0 radical (unpaired) electrons. The van der Waals surface area contributed by atoms with Crippen LogP contribution in [0.2, 0.25) is 5.02 Å². The Kier molecular flexibility index (Phi) is 8.21. The average molecular weight is 426 g/mol. The lowest BCUT2D eigenvalue weighted by Crippen LogP contribution is -2.51. The van der Waals surface area contributed by atoms with E-state index in [1.807, 2.05) is 18.7 Å². The number of benzene rings is 1. The minimum atomic E-state index is -0.444. The van der Waals surface area contributed by atoms with Crippen molar-refractivity contribution < 1.29 is 14.5 Å². The quantitative estimate of drug-likeness (QED) is 0.465. The number of hydrogen-bond acceptors (Lipinski definition) is 6. The highest BCUT2D eigenvalue weighted by atomic mass is 35.5. The molecule has 9 nitrogen and oxygen atoms in total. The van der Waals surface area contributed by atoms with Gasteiger partial charge in [-0.05, 0) is 33.0 Å². The van der Waals surface area contributed by atoms with E-state index in [1.54, 1.807) is 33.9 Å². The second-order valence-electron chi connectivity index (χ2n) is 7.00. The highest BCUT2D eigenvalue weighted by molar-refractivity contribution is 6.30. The SMILES string of the molecule is CCN(CC)C(=O)CN(C)CC(=O)N1CCN(c2ccc(Cl)cc2[N+](=O)[O-])CC1. The summed E-state index contributed by atoms with van der Waals surface area (Å²) in [6.07, 6.45) is 0. The van der Waals surface area contributed by atoms with Crippen molar-refractivity contribution in [2.75, 3.05) is 64.3 Å². The van der Waals surface area contributed by atoms with Gasteiger partial charge in [0.15, 0.2) is 0 Å². The number of nitrogens with zero attached hydrogens (tertiary/aromatic N) is 5. The number of nitro groups is 1. The third kappa shape index (κ3) is 6.04. The number of carbonyl (C=O) groups excluding carboxylic acids is 2. The fourth-order valence-electron chi connectivity index (χ4n) is 3.40. The Bertz CT molecular complexity index is 748. The first kappa shape index (κ1) is 22.9. The number of anilines is 1. The number of halogens is 1. The average Bonchev–Trinajstić information content (AvgIpc) is 2.68. The molecule has 1 aliphatic heterocycles. The van der Waals surface area contributed by atoms with E-state index in [1.165, 1.54) is 6.07 Å². The van der Waals surface area contributed by atoms with Gasteiger partial charge in [-0.2, -0.15) is 0 Å². The van der Waals surface area contributed by atoms with Crippen molar-refractivity contribution in [1.82, 2.24) is 14.7 Å². The summed E-state index contributed by atoms with van der Waals surface area (Å²) in [5.41, 5.74) is 0.473. The Morgan fingerprint density at radius 1 is 1.14 bits per heavy atom. The summed E-state index contributed by atoms with van der Waals surface area (Å²) >= 11 is 5.88. The van der Waals surface area contributed by atoms with Gasteiger partial charge in [0.05, 0.1) is 18.0 Å². The van der Waals surface area contributed by atoms with Crippen LogP contribution in [0.4, 0.5) is 11.4 Å². The van der Waals surface area contributed by atoms with Gasteiger partial charge in [0.25, 0.3) is 5.69 Å². The number of piperazine rings is 1. The second kappa shape index (κ2) is 10.4.